The van der Waals surface area contributed by atoms with Gasteiger partial charge in [-0.3, -0.25) is 0 Å². The zero-order chi connectivity index (χ0) is 15.7. The molecule has 0 saturated carbocycles. The van der Waals surface area contributed by atoms with E-state index in [0.717, 1.165) is 0 Å². The SMILES string of the molecule is CC(C)(C)C[c-]1cccc1.CC[O-].CC[O-].CC[O-].[Hf+4]. The number of hydrogen-bond acceptors (Lipinski definition) is 3. The van der Waals surface area contributed by atoms with Crippen LogP contribution >= 0.6 is 0 Å². The van der Waals surface area contributed by atoms with Gasteiger partial charge in [-0.05, 0) is 5.41 Å². The largest absolute Gasteiger partial charge is 4.00 e. The molecular formula is C16H30HfO3. The third-order valence-corrected chi connectivity index (χ3v) is 1.47. The van der Waals surface area contributed by atoms with Crippen LogP contribution in [0.1, 0.15) is 47.1 Å². The van der Waals surface area contributed by atoms with Crippen LogP contribution in [0.2, 0.25) is 0 Å². The molecule has 0 aliphatic carbocycles. The Labute approximate surface area is 144 Å². The van der Waals surface area contributed by atoms with E-state index in [-0.39, 0.29) is 45.7 Å². The van der Waals surface area contributed by atoms with Crippen molar-refractivity contribution in [1.29, 1.82) is 0 Å². The summed E-state index contributed by atoms with van der Waals surface area (Å²) in [6.07, 6.45) is 1.18. The molecule has 0 aromatic heterocycles. The Balaban J connectivity index is -0.000000108. The first-order valence-corrected chi connectivity index (χ1v) is 6.77. The van der Waals surface area contributed by atoms with Crippen LogP contribution in [0.3, 0.4) is 0 Å². The molecule has 20 heavy (non-hydrogen) atoms. The van der Waals surface area contributed by atoms with E-state index in [9.17, 15) is 0 Å². The fraction of sp³-hybridized carbons (Fsp3) is 0.688. The molecule has 0 aliphatic heterocycles. The Kier molecular flexibility index (Phi) is 30.3. The van der Waals surface area contributed by atoms with Gasteiger partial charge in [0.05, 0.1) is 0 Å². The van der Waals surface area contributed by atoms with Gasteiger partial charge in [0.25, 0.3) is 0 Å². The minimum atomic E-state index is 0. The molecule has 0 saturated heterocycles. The van der Waals surface area contributed by atoms with E-state index in [1.807, 2.05) is 0 Å². The molecule has 1 rings (SSSR count). The average Bonchev–Trinajstić information content (AvgIpc) is 2.71. The van der Waals surface area contributed by atoms with E-state index in [1.165, 1.54) is 12.0 Å². The van der Waals surface area contributed by atoms with Gasteiger partial charge in [0, 0.05) is 0 Å². The van der Waals surface area contributed by atoms with Gasteiger partial charge in [-0.2, -0.15) is 17.7 Å². The topological polar surface area (TPSA) is 69.2 Å². The molecule has 4 heteroatoms. The van der Waals surface area contributed by atoms with Gasteiger partial charge in [-0.25, -0.2) is 12.1 Å². The molecule has 3 nitrogen and oxygen atoms in total. The normalized spacial score (nSPS) is 8.65. The summed E-state index contributed by atoms with van der Waals surface area (Å²) >= 11 is 0. The molecule has 0 aliphatic rings. The Bertz CT molecular complexity index is 224. The Morgan fingerprint density at radius 3 is 1.25 bits per heavy atom. The van der Waals surface area contributed by atoms with Gasteiger partial charge in [0.1, 0.15) is 0 Å². The number of hydrogen-bond donors (Lipinski definition) is 0. The van der Waals surface area contributed by atoms with Crippen LogP contribution < -0.4 is 15.3 Å². The third kappa shape index (κ3) is 36.1. The van der Waals surface area contributed by atoms with Crippen LogP contribution in [0.15, 0.2) is 24.3 Å². The van der Waals surface area contributed by atoms with Crippen LogP contribution in [-0.2, 0) is 32.3 Å². The summed E-state index contributed by atoms with van der Waals surface area (Å²) in [7, 11) is 0. The van der Waals surface area contributed by atoms with Crippen molar-refractivity contribution in [2.24, 2.45) is 5.41 Å². The van der Waals surface area contributed by atoms with Gasteiger partial charge >= 0.3 is 25.8 Å². The summed E-state index contributed by atoms with van der Waals surface area (Å²) < 4.78 is 0. The standard InChI is InChI=1S/C10H15.3C2H5O.Hf/c1-10(2,3)8-9-6-4-5-7-9;3*1-2-3;/h4-7H,8H2,1-3H3;3*2H2,1H3;/q4*-1;+4. The smallest absolute Gasteiger partial charge is 0.855 e. The Hall–Kier alpha value is 0.100. The van der Waals surface area contributed by atoms with E-state index >= 15 is 0 Å². The van der Waals surface area contributed by atoms with E-state index in [2.05, 4.69) is 45.0 Å². The minimum Gasteiger partial charge on any atom is -0.855 e. The first-order valence-electron chi connectivity index (χ1n) is 6.77. The van der Waals surface area contributed by atoms with E-state index in [1.54, 1.807) is 20.8 Å². The minimum absolute atomic E-state index is 0. The fourth-order valence-electron chi connectivity index (χ4n) is 1.14. The van der Waals surface area contributed by atoms with Gasteiger partial charge in [-0.15, -0.1) is 19.8 Å². The summed E-state index contributed by atoms with van der Waals surface area (Å²) in [4.78, 5) is 0. The molecule has 1 aromatic carbocycles. The second kappa shape index (κ2) is 21.4. The second-order valence-corrected chi connectivity index (χ2v) is 4.90. The van der Waals surface area contributed by atoms with Gasteiger partial charge < -0.3 is 15.3 Å². The first kappa shape index (κ1) is 28.3. The van der Waals surface area contributed by atoms with E-state index < -0.39 is 0 Å². The molecule has 0 fully saturated rings. The van der Waals surface area contributed by atoms with Crippen molar-refractivity contribution in [2.45, 2.75) is 48.0 Å². The maximum Gasteiger partial charge on any atom is 4.00 e. The molecule has 0 spiro atoms. The zero-order valence-corrected chi connectivity index (χ0v) is 17.5. The predicted molar refractivity (Wildman–Crippen MR) is 76.8 cm³/mol. The van der Waals surface area contributed by atoms with Crippen LogP contribution in [0, 0.1) is 5.41 Å². The summed E-state index contributed by atoms with van der Waals surface area (Å²) in [6.45, 7) is 11.5. The molecule has 0 amide bonds. The van der Waals surface area contributed by atoms with Crippen LogP contribution in [0.4, 0.5) is 0 Å². The Morgan fingerprint density at radius 1 is 0.800 bits per heavy atom. The molecule has 0 atom stereocenters. The average molecular weight is 449 g/mol. The predicted octanol–water partition coefficient (Wildman–Crippen LogP) is 1.09. The zero-order valence-electron chi connectivity index (χ0n) is 13.9. The monoisotopic (exact) mass is 450 g/mol. The summed E-state index contributed by atoms with van der Waals surface area (Å²) in [5.41, 5.74) is 1.88. The molecule has 0 unspecified atom stereocenters. The first-order chi connectivity index (χ1) is 8.82. The van der Waals surface area contributed by atoms with Crippen molar-refractivity contribution in [3.63, 3.8) is 0 Å². The van der Waals surface area contributed by atoms with Crippen molar-refractivity contribution in [3.8, 4) is 0 Å². The molecule has 0 heterocycles. The van der Waals surface area contributed by atoms with Crippen molar-refractivity contribution < 1.29 is 41.2 Å². The molecule has 0 bridgehead atoms. The van der Waals surface area contributed by atoms with Crippen LogP contribution in [-0.4, -0.2) is 19.8 Å². The van der Waals surface area contributed by atoms with E-state index in [0.29, 0.717) is 5.41 Å². The van der Waals surface area contributed by atoms with Gasteiger partial charge in [-0.1, -0.05) is 48.0 Å². The third-order valence-electron chi connectivity index (χ3n) is 1.47. The van der Waals surface area contributed by atoms with Gasteiger partial charge in [0.2, 0.25) is 0 Å². The fourth-order valence-corrected chi connectivity index (χ4v) is 1.14. The number of rotatable bonds is 1. The van der Waals surface area contributed by atoms with Crippen molar-refractivity contribution in [1.82, 2.24) is 0 Å². The quantitative estimate of drug-likeness (QED) is 0.477. The molecule has 116 valence electrons. The summed E-state index contributed by atoms with van der Waals surface area (Å²) in [5.74, 6) is 0. The van der Waals surface area contributed by atoms with Crippen LogP contribution in [0.25, 0.3) is 0 Å². The van der Waals surface area contributed by atoms with E-state index in [4.69, 9.17) is 15.3 Å². The van der Waals surface area contributed by atoms with Crippen molar-refractivity contribution in [2.75, 3.05) is 19.8 Å². The maximum atomic E-state index is 8.93. The van der Waals surface area contributed by atoms with Gasteiger partial charge in [0.15, 0.2) is 0 Å². The summed E-state index contributed by atoms with van der Waals surface area (Å²) in [5, 5.41) is 26.8. The van der Waals surface area contributed by atoms with Crippen molar-refractivity contribution >= 4 is 0 Å². The molecule has 0 N–H and O–H groups in total. The molecule has 0 radical (unpaired) electrons. The summed E-state index contributed by atoms with van der Waals surface area (Å²) in [6, 6.07) is 8.57. The molecular weight excluding hydrogens is 419 g/mol. The Morgan fingerprint density at radius 2 is 1.05 bits per heavy atom. The molecule has 1 aromatic rings. The van der Waals surface area contributed by atoms with Crippen molar-refractivity contribution in [3.05, 3.63) is 29.8 Å². The maximum absolute atomic E-state index is 8.93. The second-order valence-electron chi connectivity index (χ2n) is 4.90. The van der Waals surface area contributed by atoms with Crippen LogP contribution in [0.5, 0.6) is 0 Å².